The van der Waals surface area contributed by atoms with E-state index < -0.39 is 12.8 Å². The molecule has 7 nitrogen and oxygen atoms in total. The van der Waals surface area contributed by atoms with Crippen LogP contribution in [0.4, 0.5) is 13.2 Å². The molecule has 2 aliphatic heterocycles. The van der Waals surface area contributed by atoms with Gasteiger partial charge in [-0.15, -0.1) is 0 Å². The zero-order valence-corrected chi connectivity index (χ0v) is 20.5. The molecule has 4 heterocycles. The van der Waals surface area contributed by atoms with E-state index in [1.165, 1.54) is 6.07 Å². The Morgan fingerprint density at radius 1 is 1.25 bits per heavy atom. The van der Waals surface area contributed by atoms with Gasteiger partial charge >= 0.3 is 6.18 Å². The SMILES string of the molecule is Cn1cc(/C=C/C(=O)C[C@H]2CC[C@H](CCN3CCc4ccc(OCC(F)(F)F)nc4CC3)OC2)cn1. The van der Waals surface area contributed by atoms with Crippen LogP contribution in [0.15, 0.2) is 30.6 Å². The predicted octanol–water partition coefficient (Wildman–Crippen LogP) is 4.01. The molecule has 2 aliphatic rings. The van der Waals surface area contributed by atoms with Crippen molar-refractivity contribution >= 4 is 11.9 Å². The van der Waals surface area contributed by atoms with Crippen molar-refractivity contribution in [1.82, 2.24) is 19.7 Å². The second-order valence-corrected chi connectivity index (χ2v) is 9.64. The summed E-state index contributed by atoms with van der Waals surface area (Å²) in [6, 6.07) is 3.35. The minimum Gasteiger partial charge on any atom is -0.468 e. The van der Waals surface area contributed by atoms with Crippen LogP contribution in [-0.2, 0) is 29.4 Å². The van der Waals surface area contributed by atoms with E-state index in [0.717, 1.165) is 62.1 Å². The number of hydrogen-bond donors (Lipinski definition) is 0. The third-order valence-electron chi connectivity index (χ3n) is 6.70. The van der Waals surface area contributed by atoms with Crippen molar-refractivity contribution in [2.24, 2.45) is 13.0 Å². The maximum absolute atomic E-state index is 12.4. The fraction of sp³-hybridized carbons (Fsp3) is 0.577. The lowest BCUT2D eigenvalue weighted by molar-refractivity contribution is -0.154. The molecule has 0 radical (unpaired) electrons. The molecule has 0 bridgehead atoms. The molecule has 0 aromatic carbocycles. The number of rotatable bonds is 9. The summed E-state index contributed by atoms with van der Waals surface area (Å²) in [6.45, 7) is 1.85. The van der Waals surface area contributed by atoms with Gasteiger partial charge in [0.1, 0.15) is 0 Å². The fourth-order valence-corrected chi connectivity index (χ4v) is 4.71. The lowest BCUT2D eigenvalue weighted by Gasteiger charge is -2.30. The number of halogens is 3. The fourth-order valence-electron chi connectivity index (χ4n) is 4.71. The summed E-state index contributed by atoms with van der Waals surface area (Å²) in [4.78, 5) is 19.0. The molecule has 0 spiro atoms. The van der Waals surface area contributed by atoms with Crippen molar-refractivity contribution in [2.45, 2.75) is 50.8 Å². The van der Waals surface area contributed by atoms with Crippen LogP contribution in [0.2, 0.25) is 0 Å². The summed E-state index contributed by atoms with van der Waals surface area (Å²) in [5.41, 5.74) is 2.79. The number of ether oxygens (including phenoxy) is 2. The van der Waals surface area contributed by atoms with Crippen LogP contribution in [0.3, 0.4) is 0 Å². The maximum Gasteiger partial charge on any atom is 0.422 e. The van der Waals surface area contributed by atoms with E-state index in [1.807, 2.05) is 19.3 Å². The maximum atomic E-state index is 12.4. The summed E-state index contributed by atoms with van der Waals surface area (Å²) in [5.74, 6) is 0.381. The second kappa shape index (κ2) is 12.0. The van der Waals surface area contributed by atoms with E-state index in [1.54, 1.807) is 23.0 Å². The number of aryl methyl sites for hydroxylation is 1. The van der Waals surface area contributed by atoms with Crippen molar-refractivity contribution in [1.29, 1.82) is 0 Å². The topological polar surface area (TPSA) is 69.5 Å². The minimum atomic E-state index is -4.38. The van der Waals surface area contributed by atoms with Gasteiger partial charge in [-0.05, 0) is 49.3 Å². The van der Waals surface area contributed by atoms with Crippen molar-refractivity contribution in [3.05, 3.63) is 47.4 Å². The molecule has 196 valence electrons. The molecule has 1 fully saturated rings. The van der Waals surface area contributed by atoms with Crippen LogP contribution < -0.4 is 4.74 Å². The van der Waals surface area contributed by atoms with Crippen LogP contribution in [0.5, 0.6) is 5.88 Å². The third kappa shape index (κ3) is 8.16. The number of allylic oxidation sites excluding steroid dienone is 1. The van der Waals surface area contributed by atoms with E-state index in [2.05, 4.69) is 15.0 Å². The van der Waals surface area contributed by atoms with Gasteiger partial charge in [0, 0.05) is 63.0 Å². The van der Waals surface area contributed by atoms with Gasteiger partial charge in [-0.3, -0.25) is 9.48 Å². The molecule has 0 aliphatic carbocycles. The normalized spacial score (nSPS) is 21.3. The third-order valence-corrected chi connectivity index (χ3v) is 6.70. The molecule has 10 heteroatoms. The largest absolute Gasteiger partial charge is 0.468 e. The molecule has 4 rings (SSSR count). The van der Waals surface area contributed by atoms with Crippen molar-refractivity contribution in [2.75, 3.05) is 32.8 Å². The van der Waals surface area contributed by atoms with Crippen LogP contribution >= 0.6 is 0 Å². The number of fused-ring (bicyclic) bond motifs is 1. The lowest BCUT2D eigenvalue weighted by Crippen LogP contribution is -2.33. The molecule has 1 saturated heterocycles. The molecule has 0 unspecified atom stereocenters. The van der Waals surface area contributed by atoms with E-state index in [0.29, 0.717) is 19.4 Å². The highest BCUT2D eigenvalue weighted by atomic mass is 19.4. The second-order valence-electron chi connectivity index (χ2n) is 9.64. The molecule has 0 N–H and O–H groups in total. The zero-order chi connectivity index (χ0) is 25.5. The molecule has 0 saturated carbocycles. The molecule has 2 aromatic heterocycles. The molecule has 0 amide bonds. The summed E-state index contributed by atoms with van der Waals surface area (Å²) < 4.78 is 49.8. The van der Waals surface area contributed by atoms with Gasteiger partial charge in [-0.1, -0.05) is 6.07 Å². The summed E-state index contributed by atoms with van der Waals surface area (Å²) in [6.07, 6.45) is 7.66. The van der Waals surface area contributed by atoms with Gasteiger partial charge in [0.15, 0.2) is 12.4 Å². The molecular weight excluding hydrogens is 473 g/mol. The summed E-state index contributed by atoms with van der Waals surface area (Å²) >= 11 is 0. The highest BCUT2D eigenvalue weighted by molar-refractivity contribution is 5.93. The van der Waals surface area contributed by atoms with E-state index in [9.17, 15) is 18.0 Å². The Balaban J connectivity index is 1.15. The molecular formula is C26H33F3N4O3. The Morgan fingerprint density at radius 3 is 2.81 bits per heavy atom. The van der Waals surface area contributed by atoms with Crippen molar-refractivity contribution in [3.8, 4) is 5.88 Å². The first-order valence-corrected chi connectivity index (χ1v) is 12.5. The van der Waals surface area contributed by atoms with Gasteiger partial charge < -0.3 is 14.4 Å². The minimum absolute atomic E-state index is 0.0238. The van der Waals surface area contributed by atoms with Gasteiger partial charge in [0.05, 0.1) is 18.9 Å². The first-order valence-electron chi connectivity index (χ1n) is 12.5. The van der Waals surface area contributed by atoms with Crippen LogP contribution in [0.1, 0.15) is 42.5 Å². The predicted molar refractivity (Wildman–Crippen MR) is 129 cm³/mol. The Hall–Kier alpha value is -2.72. The summed E-state index contributed by atoms with van der Waals surface area (Å²) in [7, 11) is 1.84. The Morgan fingerprint density at radius 2 is 2.08 bits per heavy atom. The van der Waals surface area contributed by atoms with Gasteiger partial charge in [-0.25, -0.2) is 4.98 Å². The van der Waals surface area contributed by atoms with Crippen molar-refractivity contribution in [3.63, 3.8) is 0 Å². The summed E-state index contributed by atoms with van der Waals surface area (Å²) in [5, 5.41) is 4.09. The standard InChI is InChI=1S/C26H33F3N4O3/c1-32-16-20(15-30-32)2-5-22(34)14-19-3-6-23(35-17-19)9-12-33-11-8-21-4-7-25(31-24(21)10-13-33)36-18-26(27,28)29/h2,4-5,7,15-16,19,23H,3,6,8-14,17-18H2,1H3/b5-2+/t19-,23-/m1/s1. The smallest absolute Gasteiger partial charge is 0.422 e. The molecule has 2 aromatic rings. The number of carbonyl (C=O) groups is 1. The van der Waals surface area contributed by atoms with Crippen LogP contribution in [0, 0.1) is 5.92 Å². The lowest BCUT2D eigenvalue weighted by atomic mass is 9.92. The van der Waals surface area contributed by atoms with Gasteiger partial charge in [-0.2, -0.15) is 18.3 Å². The Labute approximate surface area is 209 Å². The average molecular weight is 507 g/mol. The first kappa shape index (κ1) is 26.3. The first-order chi connectivity index (χ1) is 17.2. The number of ketones is 1. The van der Waals surface area contributed by atoms with Gasteiger partial charge in [0.25, 0.3) is 0 Å². The highest BCUT2D eigenvalue weighted by Crippen LogP contribution is 2.25. The molecule has 2 atom stereocenters. The van der Waals surface area contributed by atoms with Crippen molar-refractivity contribution < 1.29 is 27.4 Å². The number of pyridine rings is 1. The molecule has 36 heavy (non-hydrogen) atoms. The average Bonchev–Trinajstić information content (AvgIpc) is 3.15. The van der Waals surface area contributed by atoms with E-state index >= 15 is 0 Å². The van der Waals surface area contributed by atoms with E-state index in [-0.39, 0.29) is 23.7 Å². The Bertz CT molecular complexity index is 1050. The number of carbonyl (C=O) groups excluding carboxylic acids is 1. The highest BCUT2D eigenvalue weighted by Gasteiger charge is 2.29. The quantitative estimate of drug-likeness (QED) is 0.479. The number of aromatic nitrogens is 3. The number of hydrogen-bond acceptors (Lipinski definition) is 6. The van der Waals surface area contributed by atoms with Crippen LogP contribution in [-0.4, -0.2) is 70.6 Å². The monoisotopic (exact) mass is 506 g/mol. The zero-order valence-electron chi connectivity index (χ0n) is 20.5. The van der Waals surface area contributed by atoms with E-state index in [4.69, 9.17) is 9.47 Å². The number of alkyl halides is 3. The van der Waals surface area contributed by atoms with Crippen LogP contribution in [0.25, 0.3) is 6.08 Å². The van der Waals surface area contributed by atoms with Gasteiger partial charge in [0.2, 0.25) is 5.88 Å². The Kier molecular flexibility index (Phi) is 8.79. The number of nitrogens with zero attached hydrogens (tertiary/aromatic N) is 4.